The molecule has 0 fully saturated rings. The molecular weight excluding hydrogens is 220 g/mol. The molecule has 0 aliphatic heterocycles. The highest BCUT2D eigenvalue weighted by Crippen LogP contribution is 2.11. The van der Waals surface area contributed by atoms with E-state index >= 15 is 0 Å². The van der Waals surface area contributed by atoms with Gasteiger partial charge in [-0.15, -0.1) is 0 Å². The average Bonchev–Trinajstić information content (AvgIpc) is 2.25. The molecule has 1 aromatic heterocycles. The van der Waals surface area contributed by atoms with Gasteiger partial charge >= 0.3 is 5.97 Å². The SMILES string of the molecule is Cc1nc(NCC(O)C(C)C)ccc1C(=O)O. The van der Waals surface area contributed by atoms with E-state index in [0.29, 0.717) is 18.1 Å². The summed E-state index contributed by atoms with van der Waals surface area (Å²) in [6, 6.07) is 3.11. The van der Waals surface area contributed by atoms with E-state index in [2.05, 4.69) is 10.3 Å². The number of hydrogen-bond donors (Lipinski definition) is 3. The van der Waals surface area contributed by atoms with E-state index in [0.717, 1.165) is 0 Å². The first kappa shape index (κ1) is 13.4. The van der Waals surface area contributed by atoms with Crippen LogP contribution in [0.4, 0.5) is 5.82 Å². The second-order valence-corrected chi connectivity index (χ2v) is 4.33. The van der Waals surface area contributed by atoms with Crippen LogP contribution in [0.15, 0.2) is 12.1 Å². The average molecular weight is 238 g/mol. The van der Waals surface area contributed by atoms with E-state index in [4.69, 9.17) is 5.11 Å². The fourth-order valence-electron chi connectivity index (χ4n) is 1.33. The van der Waals surface area contributed by atoms with E-state index in [9.17, 15) is 9.90 Å². The number of nitrogens with zero attached hydrogens (tertiary/aromatic N) is 1. The zero-order valence-corrected chi connectivity index (χ0v) is 10.3. The predicted octanol–water partition coefficient (Wildman–Crippen LogP) is 1.52. The number of carbonyl (C=O) groups is 1. The monoisotopic (exact) mass is 238 g/mol. The maximum absolute atomic E-state index is 10.8. The normalized spacial score (nSPS) is 12.5. The molecule has 0 aliphatic carbocycles. The van der Waals surface area contributed by atoms with Gasteiger partial charge in [-0.05, 0) is 25.0 Å². The summed E-state index contributed by atoms with van der Waals surface area (Å²) in [5.74, 6) is -0.238. The van der Waals surface area contributed by atoms with E-state index in [1.165, 1.54) is 6.07 Å². The molecular formula is C12H18N2O3. The van der Waals surface area contributed by atoms with Crippen LogP contribution in [0, 0.1) is 12.8 Å². The van der Waals surface area contributed by atoms with Crippen molar-refractivity contribution in [3.63, 3.8) is 0 Å². The molecule has 0 aromatic carbocycles. The standard InChI is InChI=1S/C12H18N2O3/c1-7(2)10(15)6-13-11-5-4-9(12(16)17)8(3)14-11/h4-5,7,10,15H,6H2,1-3H3,(H,13,14)(H,16,17). The Morgan fingerprint density at radius 3 is 2.59 bits per heavy atom. The third kappa shape index (κ3) is 3.71. The van der Waals surface area contributed by atoms with Gasteiger partial charge in [0, 0.05) is 6.54 Å². The quantitative estimate of drug-likeness (QED) is 0.724. The topological polar surface area (TPSA) is 82.5 Å². The highest BCUT2D eigenvalue weighted by Gasteiger charge is 2.11. The van der Waals surface area contributed by atoms with Gasteiger partial charge in [0.05, 0.1) is 17.4 Å². The van der Waals surface area contributed by atoms with Gasteiger partial charge in [0.1, 0.15) is 5.82 Å². The predicted molar refractivity (Wildman–Crippen MR) is 65.3 cm³/mol. The first-order valence-electron chi connectivity index (χ1n) is 5.54. The van der Waals surface area contributed by atoms with E-state index in [-0.39, 0.29) is 11.5 Å². The summed E-state index contributed by atoms with van der Waals surface area (Å²) >= 11 is 0. The maximum atomic E-state index is 10.8. The lowest BCUT2D eigenvalue weighted by atomic mass is 10.1. The summed E-state index contributed by atoms with van der Waals surface area (Å²) in [4.78, 5) is 14.9. The number of carboxylic acids is 1. The molecule has 0 aliphatic rings. The fourth-order valence-corrected chi connectivity index (χ4v) is 1.33. The van der Waals surface area contributed by atoms with Crippen LogP contribution >= 0.6 is 0 Å². The molecule has 5 heteroatoms. The largest absolute Gasteiger partial charge is 0.478 e. The molecule has 0 amide bonds. The van der Waals surface area contributed by atoms with Gasteiger partial charge in [0.15, 0.2) is 0 Å². The van der Waals surface area contributed by atoms with Crippen LogP contribution < -0.4 is 5.32 Å². The number of pyridine rings is 1. The zero-order chi connectivity index (χ0) is 13.0. The van der Waals surface area contributed by atoms with Gasteiger partial charge in [0.2, 0.25) is 0 Å². The van der Waals surface area contributed by atoms with Crippen LogP contribution in [-0.4, -0.2) is 33.8 Å². The minimum Gasteiger partial charge on any atom is -0.478 e. The second kappa shape index (κ2) is 5.63. The molecule has 5 nitrogen and oxygen atoms in total. The molecule has 1 aromatic rings. The Kier molecular flexibility index (Phi) is 4.45. The highest BCUT2D eigenvalue weighted by atomic mass is 16.4. The van der Waals surface area contributed by atoms with Crippen LogP contribution in [0.2, 0.25) is 0 Å². The zero-order valence-electron chi connectivity index (χ0n) is 10.3. The molecule has 1 unspecified atom stereocenters. The number of aryl methyl sites for hydroxylation is 1. The van der Waals surface area contributed by atoms with Gasteiger partial charge in [0.25, 0.3) is 0 Å². The third-order valence-corrected chi connectivity index (χ3v) is 2.58. The lowest BCUT2D eigenvalue weighted by molar-refractivity contribution is 0.0695. The number of aliphatic hydroxyl groups is 1. The summed E-state index contributed by atoms with van der Waals surface area (Å²) in [7, 11) is 0. The Labute approximate surface area is 101 Å². The first-order chi connectivity index (χ1) is 7.91. The summed E-state index contributed by atoms with van der Waals surface area (Å²) < 4.78 is 0. The van der Waals surface area contributed by atoms with Gasteiger partial charge < -0.3 is 15.5 Å². The Balaban J connectivity index is 2.68. The van der Waals surface area contributed by atoms with Crippen LogP contribution in [-0.2, 0) is 0 Å². The molecule has 1 heterocycles. The molecule has 0 radical (unpaired) electrons. The lowest BCUT2D eigenvalue weighted by Gasteiger charge is -2.15. The van der Waals surface area contributed by atoms with Crippen molar-refractivity contribution in [3.05, 3.63) is 23.4 Å². The van der Waals surface area contributed by atoms with Crippen molar-refractivity contribution in [3.8, 4) is 0 Å². The van der Waals surface area contributed by atoms with Crippen LogP contribution in [0.3, 0.4) is 0 Å². The number of anilines is 1. The Bertz CT molecular complexity index is 405. The molecule has 1 rings (SSSR count). The van der Waals surface area contributed by atoms with Crippen molar-refractivity contribution in [2.45, 2.75) is 26.9 Å². The van der Waals surface area contributed by atoms with Crippen molar-refractivity contribution < 1.29 is 15.0 Å². The molecule has 1 atom stereocenters. The van der Waals surface area contributed by atoms with Crippen molar-refractivity contribution in [1.82, 2.24) is 4.98 Å². The Hall–Kier alpha value is -1.62. The molecule has 0 spiro atoms. The highest BCUT2D eigenvalue weighted by molar-refractivity contribution is 5.89. The Morgan fingerprint density at radius 1 is 1.47 bits per heavy atom. The van der Waals surface area contributed by atoms with E-state index < -0.39 is 12.1 Å². The van der Waals surface area contributed by atoms with E-state index in [1.54, 1.807) is 13.0 Å². The Morgan fingerprint density at radius 2 is 2.12 bits per heavy atom. The van der Waals surface area contributed by atoms with Crippen molar-refractivity contribution in [2.75, 3.05) is 11.9 Å². The molecule has 0 saturated heterocycles. The number of aromatic nitrogens is 1. The number of rotatable bonds is 5. The van der Waals surface area contributed by atoms with Crippen molar-refractivity contribution in [1.29, 1.82) is 0 Å². The van der Waals surface area contributed by atoms with Crippen LogP contribution in [0.25, 0.3) is 0 Å². The number of carboxylic acid groups (broad SMARTS) is 1. The third-order valence-electron chi connectivity index (χ3n) is 2.58. The maximum Gasteiger partial charge on any atom is 0.337 e. The number of nitrogens with one attached hydrogen (secondary N) is 1. The molecule has 3 N–H and O–H groups in total. The molecule has 0 bridgehead atoms. The number of aliphatic hydroxyl groups excluding tert-OH is 1. The number of aromatic carboxylic acids is 1. The van der Waals surface area contributed by atoms with Crippen LogP contribution in [0.5, 0.6) is 0 Å². The van der Waals surface area contributed by atoms with Gasteiger partial charge in [-0.1, -0.05) is 13.8 Å². The lowest BCUT2D eigenvalue weighted by Crippen LogP contribution is -2.25. The van der Waals surface area contributed by atoms with Gasteiger partial charge in [-0.25, -0.2) is 9.78 Å². The summed E-state index contributed by atoms with van der Waals surface area (Å²) in [5, 5.41) is 21.4. The number of hydrogen-bond acceptors (Lipinski definition) is 4. The molecule has 17 heavy (non-hydrogen) atoms. The van der Waals surface area contributed by atoms with Gasteiger partial charge in [-0.3, -0.25) is 0 Å². The minimum atomic E-state index is -0.983. The van der Waals surface area contributed by atoms with Gasteiger partial charge in [-0.2, -0.15) is 0 Å². The fraction of sp³-hybridized carbons (Fsp3) is 0.500. The summed E-state index contributed by atoms with van der Waals surface area (Å²) in [6.45, 7) is 5.90. The summed E-state index contributed by atoms with van der Waals surface area (Å²) in [5.41, 5.74) is 0.654. The smallest absolute Gasteiger partial charge is 0.337 e. The van der Waals surface area contributed by atoms with E-state index in [1.807, 2.05) is 13.8 Å². The molecule has 94 valence electrons. The van der Waals surface area contributed by atoms with Crippen LogP contribution in [0.1, 0.15) is 29.9 Å². The summed E-state index contributed by atoms with van der Waals surface area (Å²) in [6.07, 6.45) is -0.448. The first-order valence-corrected chi connectivity index (χ1v) is 5.54. The van der Waals surface area contributed by atoms with Crippen molar-refractivity contribution >= 4 is 11.8 Å². The minimum absolute atomic E-state index is 0.168. The van der Waals surface area contributed by atoms with Crippen molar-refractivity contribution in [2.24, 2.45) is 5.92 Å². The second-order valence-electron chi connectivity index (χ2n) is 4.33. The molecule has 0 saturated carbocycles.